The molecule has 100 valence electrons. The maximum atomic E-state index is 5.71. The molecule has 0 atom stereocenters. The molecule has 0 saturated carbocycles. The molecule has 0 aliphatic rings. The average Bonchev–Trinajstić information content (AvgIpc) is 2.53. The first kappa shape index (κ1) is 12.6. The van der Waals surface area contributed by atoms with E-state index in [0.29, 0.717) is 6.54 Å². The highest BCUT2D eigenvalue weighted by molar-refractivity contribution is 5.93. The van der Waals surface area contributed by atoms with E-state index in [1.54, 1.807) is 0 Å². The minimum absolute atomic E-state index is 0.546. The van der Waals surface area contributed by atoms with Crippen LogP contribution in [0.15, 0.2) is 60.8 Å². The molecule has 0 radical (unpaired) electrons. The van der Waals surface area contributed by atoms with Gasteiger partial charge in [-0.2, -0.15) is 0 Å². The number of hydrogen-bond acceptors (Lipinski definition) is 3. The van der Waals surface area contributed by atoms with Crippen molar-refractivity contribution in [2.45, 2.75) is 6.54 Å². The molecule has 0 aliphatic carbocycles. The van der Waals surface area contributed by atoms with Gasteiger partial charge >= 0.3 is 0 Å². The lowest BCUT2D eigenvalue weighted by Crippen LogP contribution is -2.12. The van der Waals surface area contributed by atoms with E-state index < -0.39 is 0 Å². The molecule has 0 aliphatic heterocycles. The molecule has 3 rings (SSSR count). The Hall–Kier alpha value is -2.39. The van der Waals surface area contributed by atoms with Crippen LogP contribution in [0.4, 0.5) is 11.5 Å². The van der Waals surface area contributed by atoms with E-state index in [9.17, 15) is 0 Å². The largest absolute Gasteiger partial charge is 0.329 e. The molecular weight excluding hydrogens is 246 g/mol. The van der Waals surface area contributed by atoms with Crippen molar-refractivity contribution < 1.29 is 0 Å². The zero-order valence-corrected chi connectivity index (χ0v) is 11.5. The summed E-state index contributed by atoms with van der Waals surface area (Å²) in [6.07, 6.45) is 1.85. The Bertz CT molecular complexity index is 732. The minimum Gasteiger partial charge on any atom is -0.329 e. The van der Waals surface area contributed by atoms with E-state index in [4.69, 9.17) is 5.73 Å². The van der Waals surface area contributed by atoms with Gasteiger partial charge in [0.15, 0.2) is 0 Å². The van der Waals surface area contributed by atoms with Gasteiger partial charge in [0.05, 0.1) is 0 Å². The molecule has 0 saturated heterocycles. The SMILES string of the molecule is CN(c1cccc(CN)c1)c1nccc2ccccc12. The molecule has 2 aromatic carbocycles. The van der Waals surface area contributed by atoms with Crippen LogP contribution >= 0.6 is 0 Å². The van der Waals surface area contributed by atoms with E-state index >= 15 is 0 Å². The lowest BCUT2D eigenvalue weighted by molar-refractivity contribution is 1.06. The smallest absolute Gasteiger partial charge is 0.140 e. The van der Waals surface area contributed by atoms with Gasteiger partial charge in [-0.1, -0.05) is 36.4 Å². The predicted octanol–water partition coefficient (Wildman–Crippen LogP) is 3.46. The predicted molar refractivity (Wildman–Crippen MR) is 84.1 cm³/mol. The summed E-state index contributed by atoms with van der Waals surface area (Å²) in [6, 6.07) is 18.5. The van der Waals surface area contributed by atoms with Crippen molar-refractivity contribution in [3.05, 3.63) is 66.4 Å². The fraction of sp³-hybridized carbons (Fsp3) is 0.118. The van der Waals surface area contributed by atoms with Crippen LogP contribution in [0.1, 0.15) is 5.56 Å². The van der Waals surface area contributed by atoms with Crippen LogP contribution in [-0.4, -0.2) is 12.0 Å². The van der Waals surface area contributed by atoms with Gasteiger partial charge in [-0.05, 0) is 29.1 Å². The summed E-state index contributed by atoms with van der Waals surface area (Å²) in [5, 5.41) is 2.34. The van der Waals surface area contributed by atoms with Crippen molar-refractivity contribution >= 4 is 22.3 Å². The Morgan fingerprint density at radius 1 is 1.05 bits per heavy atom. The number of benzene rings is 2. The molecule has 3 aromatic rings. The van der Waals surface area contributed by atoms with Crippen molar-refractivity contribution in [2.24, 2.45) is 5.73 Å². The van der Waals surface area contributed by atoms with E-state index in [0.717, 1.165) is 22.5 Å². The summed E-state index contributed by atoms with van der Waals surface area (Å²) in [5.74, 6) is 0.956. The zero-order chi connectivity index (χ0) is 13.9. The summed E-state index contributed by atoms with van der Waals surface area (Å²) in [6.45, 7) is 0.546. The average molecular weight is 263 g/mol. The lowest BCUT2D eigenvalue weighted by atomic mass is 10.1. The Kier molecular flexibility index (Phi) is 3.35. The molecule has 3 nitrogen and oxygen atoms in total. The third-order valence-corrected chi connectivity index (χ3v) is 3.50. The lowest BCUT2D eigenvalue weighted by Gasteiger charge is -2.20. The molecule has 1 aromatic heterocycles. The first-order valence-electron chi connectivity index (χ1n) is 6.66. The van der Waals surface area contributed by atoms with Crippen molar-refractivity contribution in [1.82, 2.24) is 4.98 Å². The summed E-state index contributed by atoms with van der Waals surface area (Å²) < 4.78 is 0. The molecule has 0 unspecified atom stereocenters. The number of rotatable bonds is 3. The van der Waals surface area contributed by atoms with Crippen LogP contribution in [-0.2, 0) is 6.54 Å². The molecule has 0 bridgehead atoms. The molecule has 0 amide bonds. The van der Waals surface area contributed by atoms with E-state index in [1.807, 2.05) is 43.6 Å². The quantitative estimate of drug-likeness (QED) is 0.787. The van der Waals surface area contributed by atoms with Crippen molar-refractivity contribution in [2.75, 3.05) is 11.9 Å². The zero-order valence-electron chi connectivity index (χ0n) is 11.5. The first-order valence-corrected chi connectivity index (χ1v) is 6.66. The van der Waals surface area contributed by atoms with Crippen LogP contribution in [0.2, 0.25) is 0 Å². The van der Waals surface area contributed by atoms with Gasteiger partial charge in [-0.3, -0.25) is 0 Å². The van der Waals surface area contributed by atoms with Gasteiger partial charge in [-0.25, -0.2) is 4.98 Å². The molecule has 0 spiro atoms. The second-order valence-electron chi connectivity index (χ2n) is 4.79. The van der Waals surface area contributed by atoms with Crippen LogP contribution < -0.4 is 10.6 Å². The second kappa shape index (κ2) is 5.31. The highest BCUT2D eigenvalue weighted by Gasteiger charge is 2.09. The summed E-state index contributed by atoms with van der Waals surface area (Å²) in [7, 11) is 2.03. The van der Waals surface area contributed by atoms with Gasteiger partial charge in [0, 0.05) is 30.9 Å². The van der Waals surface area contributed by atoms with E-state index in [-0.39, 0.29) is 0 Å². The molecule has 1 heterocycles. The number of anilines is 2. The third-order valence-electron chi connectivity index (χ3n) is 3.50. The van der Waals surface area contributed by atoms with Crippen molar-refractivity contribution in [3.8, 4) is 0 Å². The fourth-order valence-electron chi connectivity index (χ4n) is 2.39. The van der Waals surface area contributed by atoms with Crippen molar-refractivity contribution in [1.29, 1.82) is 0 Å². The van der Waals surface area contributed by atoms with Crippen LogP contribution in [0.5, 0.6) is 0 Å². The van der Waals surface area contributed by atoms with Gasteiger partial charge in [0.25, 0.3) is 0 Å². The summed E-state index contributed by atoms with van der Waals surface area (Å²) in [5.41, 5.74) is 7.93. The van der Waals surface area contributed by atoms with Crippen LogP contribution in [0.3, 0.4) is 0 Å². The molecule has 0 fully saturated rings. The number of aromatic nitrogens is 1. The fourth-order valence-corrected chi connectivity index (χ4v) is 2.39. The number of nitrogens with two attached hydrogens (primary N) is 1. The maximum absolute atomic E-state index is 5.71. The Morgan fingerprint density at radius 2 is 1.90 bits per heavy atom. The number of hydrogen-bond donors (Lipinski definition) is 1. The topological polar surface area (TPSA) is 42.1 Å². The first-order chi connectivity index (χ1) is 9.79. The molecule has 2 N–H and O–H groups in total. The highest BCUT2D eigenvalue weighted by Crippen LogP contribution is 2.29. The van der Waals surface area contributed by atoms with Crippen LogP contribution in [0, 0.1) is 0 Å². The standard InChI is InChI=1S/C17H17N3/c1-20(15-7-4-5-13(11-15)12-18)17-16-8-3-2-6-14(16)9-10-19-17/h2-11H,12,18H2,1H3. The third kappa shape index (κ3) is 2.24. The molecular formula is C17H17N3. The Balaban J connectivity index is 2.10. The molecule has 3 heteroatoms. The highest BCUT2D eigenvalue weighted by atomic mass is 15.2. The maximum Gasteiger partial charge on any atom is 0.140 e. The number of nitrogens with zero attached hydrogens (tertiary/aromatic N) is 2. The summed E-state index contributed by atoms with van der Waals surface area (Å²) >= 11 is 0. The van der Waals surface area contributed by atoms with Gasteiger partial charge in [-0.15, -0.1) is 0 Å². The molecule has 20 heavy (non-hydrogen) atoms. The monoisotopic (exact) mass is 263 g/mol. The Morgan fingerprint density at radius 3 is 2.75 bits per heavy atom. The number of pyridine rings is 1. The van der Waals surface area contributed by atoms with Crippen molar-refractivity contribution in [3.63, 3.8) is 0 Å². The van der Waals surface area contributed by atoms with Gasteiger partial charge in [0.1, 0.15) is 5.82 Å². The second-order valence-corrected chi connectivity index (χ2v) is 4.79. The Labute approximate surface area is 118 Å². The summed E-state index contributed by atoms with van der Waals surface area (Å²) in [4.78, 5) is 6.63. The van der Waals surface area contributed by atoms with E-state index in [2.05, 4.69) is 34.1 Å². The van der Waals surface area contributed by atoms with E-state index in [1.165, 1.54) is 5.39 Å². The minimum atomic E-state index is 0.546. The number of fused-ring (bicyclic) bond motifs is 1. The van der Waals surface area contributed by atoms with Gasteiger partial charge in [0.2, 0.25) is 0 Å². The van der Waals surface area contributed by atoms with Gasteiger partial charge < -0.3 is 10.6 Å². The normalized spacial score (nSPS) is 10.7. The van der Waals surface area contributed by atoms with Crippen LogP contribution in [0.25, 0.3) is 10.8 Å².